The van der Waals surface area contributed by atoms with Gasteiger partial charge in [0.2, 0.25) is 5.95 Å². The molecule has 1 saturated heterocycles. The first-order valence-corrected chi connectivity index (χ1v) is 9.08. The Morgan fingerprint density at radius 2 is 2.00 bits per heavy atom. The summed E-state index contributed by atoms with van der Waals surface area (Å²) in [4.78, 5) is 27.4. The summed E-state index contributed by atoms with van der Waals surface area (Å²) in [5.74, 6) is 0.273. The average Bonchev–Trinajstić information content (AvgIpc) is 2.97. The maximum absolute atomic E-state index is 13.3. The number of rotatable bonds is 3. The van der Waals surface area contributed by atoms with Gasteiger partial charge in [-0.25, -0.2) is 19.3 Å². The van der Waals surface area contributed by atoms with Gasteiger partial charge >= 0.3 is 0 Å². The molecular weight excluding hydrogens is 361 g/mol. The van der Waals surface area contributed by atoms with Crippen molar-refractivity contribution < 1.29 is 9.13 Å². The van der Waals surface area contributed by atoms with Crippen molar-refractivity contribution in [2.24, 2.45) is 7.05 Å². The van der Waals surface area contributed by atoms with Crippen LogP contribution in [0, 0.1) is 5.82 Å². The molecule has 0 radical (unpaired) electrons. The highest BCUT2D eigenvalue weighted by Gasteiger charge is 2.24. The van der Waals surface area contributed by atoms with Gasteiger partial charge in [-0.05, 0) is 30.2 Å². The third-order valence-electron chi connectivity index (χ3n) is 4.76. The molecule has 0 N–H and O–H groups in total. The zero-order valence-corrected chi connectivity index (χ0v) is 15.5. The van der Waals surface area contributed by atoms with Gasteiger partial charge in [0.25, 0.3) is 5.56 Å². The Morgan fingerprint density at radius 1 is 1.18 bits per heavy atom. The zero-order valence-electron chi connectivity index (χ0n) is 15.5. The molecule has 0 spiro atoms. The predicted octanol–water partition coefficient (Wildman–Crippen LogP) is 2.34. The summed E-state index contributed by atoms with van der Waals surface area (Å²) in [7, 11) is 1.70. The second-order valence-corrected chi connectivity index (χ2v) is 6.64. The van der Waals surface area contributed by atoms with E-state index < -0.39 is 0 Å². The Morgan fingerprint density at radius 3 is 2.75 bits per heavy atom. The van der Waals surface area contributed by atoms with Gasteiger partial charge in [0.15, 0.2) is 0 Å². The topological polar surface area (TPSA) is 73.1 Å². The highest BCUT2D eigenvalue weighted by Crippen LogP contribution is 2.25. The molecule has 0 unspecified atom stereocenters. The lowest BCUT2D eigenvalue weighted by Gasteiger charge is -2.26. The first-order valence-electron chi connectivity index (χ1n) is 9.08. The molecule has 144 valence electrons. The largest absolute Gasteiger partial charge is 0.372 e. The third kappa shape index (κ3) is 3.77. The number of benzene rings is 1. The molecule has 28 heavy (non-hydrogen) atoms. The van der Waals surface area contributed by atoms with Crippen molar-refractivity contribution in [1.82, 2.24) is 19.5 Å². The van der Waals surface area contributed by atoms with Crippen molar-refractivity contribution in [3.8, 4) is 11.4 Å². The van der Waals surface area contributed by atoms with Crippen molar-refractivity contribution in [3.63, 3.8) is 0 Å². The fraction of sp³-hybridized carbons (Fsp3) is 0.300. The Hall–Kier alpha value is -3.13. The van der Waals surface area contributed by atoms with Gasteiger partial charge in [0.05, 0.1) is 17.9 Å². The Kier molecular flexibility index (Phi) is 5.12. The van der Waals surface area contributed by atoms with Gasteiger partial charge in [-0.2, -0.15) is 0 Å². The summed E-state index contributed by atoms with van der Waals surface area (Å²) in [6.45, 7) is 1.79. The van der Waals surface area contributed by atoms with Crippen molar-refractivity contribution in [2.45, 2.75) is 12.5 Å². The zero-order chi connectivity index (χ0) is 19.5. The average molecular weight is 381 g/mol. The van der Waals surface area contributed by atoms with Crippen LogP contribution in [-0.2, 0) is 11.8 Å². The molecule has 0 amide bonds. The summed E-state index contributed by atoms with van der Waals surface area (Å²) in [5.41, 5.74) is 1.83. The van der Waals surface area contributed by atoms with Gasteiger partial charge in [0, 0.05) is 32.5 Å². The van der Waals surface area contributed by atoms with E-state index in [1.165, 1.54) is 29.1 Å². The van der Waals surface area contributed by atoms with Crippen LogP contribution < -0.4 is 10.5 Å². The minimum absolute atomic E-state index is 0.165. The highest BCUT2D eigenvalue weighted by molar-refractivity contribution is 5.55. The molecule has 1 atom stereocenters. The smallest absolute Gasteiger partial charge is 0.255 e. The molecule has 0 aliphatic carbocycles. The van der Waals surface area contributed by atoms with Crippen LogP contribution in [0.2, 0.25) is 0 Å². The van der Waals surface area contributed by atoms with Crippen molar-refractivity contribution in [2.75, 3.05) is 24.6 Å². The van der Waals surface area contributed by atoms with Crippen molar-refractivity contribution >= 4 is 5.95 Å². The summed E-state index contributed by atoms with van der Waals surface area (Å²) in [6, 6.07) is 9.51. The predicted molar refractivity (Wildman–Crippen MR) is 102 cm³/mol. The van der Waals surface area contributed by atoms with Crippen LogP contribution in [0.1, 0.15) is 18.1 Å². The monoisotopic (exact) mass is 381 g/mol. The van der Waals surface area contributed by atoms with Crippen LogP contribution in [0.5, 0.6) is 0 Å². The number of nitrogens with zero attached hydrogens (tertiary/aromatic N) is 5. The summed E-state index contributed by atoms with van der Waals surface area (Å²) in [5, 5.41) is 0. The van der Waals surface area contributed by atoms with E-state index in [4.69, 9.17) is 9.72 Å². The number of aromatic nitrogens is 4. The minimum atomic E-state index is -0.282. The molecule has 3 aromatic rings. The molecule has 1 aliphatic rings. The van der Waals surface area contributed by atoms with Crippen LogP contribution in [0.15, 0.2) is 53.7 Å². The number of anilines is 1. The van der Waals surface area contributed by atoms with Gasteiger partial charge < -0.3 is 9.64 Å². The van der Waals surface area contributed by atoms with Gasteiger partial charge in [-0.15, -0.1) is 0 Å². The van der Waals surface area contributed by atoms with Crippen LogP contribution in [-0.4, -0.2) is 39.2 Å². The molecule has 0 bridgehead atoms. The van der Waals surface area contributed by atoms with Gasteiger partial charge in [-0.3, -0.25) is 9.36 Å². The molecule has 4 rings (SSSR count). The van der Waals surface area contributed by atoms with Crippen LogP contribution in [0.3, 0.4) is 0 Å². The van der Waals surface area contributed by atoms with E-state index in [0.29, 0.717) is 37.0 Å². The van der Waals surface area contributed by atoms with Crippen LogP contribution >= 0.6 is 0 Å². The molecule has 3 heterocycles. The van der Waals surface area contributed by atoms with E-state index in [1.807, 2.05) is 4.90 Å². The Balaban J connectivity index is 1.69. The van der Waals surface area contributed by atoms with Gasteiger partial charge in [0.1, 0.15) is 18.2 Å². The van der Waals surface area contributed by atoms with Gasteiger partial charge in [-0.1, -0.05) is 12.1 Å². The number of hydrogen-bond donors (Lipinski definition) is 0. The fourth-order valence-electron chi connectivity index (χ4n) is 3.27. The first-order chi connectivity index (χ1) is 13.6. The van der Waals surface area contributed by atoms with Crippen molar-refractivity contribution in [3.05, 3.63) is 70.7 Å². The van der Waals surface area contributed by atoms with E-state index in [2.05, 4.69) is 9.97 Å². The van der Waals surface area contributed by atoms with Crippen LogP contribution in [0.25, 0.3) is 11.4 Å². The summed E-state index contributed by atoms with van der Waals surface area (Å²) in [6.07, 6.45) is 3.61. The summed E-state index contributed by atoms with van der Waals surface area (Å²) >= 11 is 0. The SMILES string of the molecule is Cn1c(N2CCCO[C@@H](c3ccc(F)cc3)C2)nc(-c2ccncn2)cc1=O. The molecule has 1 aromatic carbocycles. The molecule has 1 aliphatic heterocycles. The molecule has 8 heteroatoms. The van der Waals surface area contributed by atoms with E-state index in [-0.39, 0.29) is 17.5 Å². The quantitative estimate of drug-likeness (QED) is 0.693. The molecular formula is C20H20FN5O2. The lowest BCUT2D eigenvalue weighted by Crippen LogP contribution is -2.34. The number of ether oxygens (including phenoxy) is 1. The minimum Gasteiger partial charge on any atom is -0.372 e. The highest BCUT2D eigenvalue weighted by atomic mass is 19.1. The lowest BCUT2D eigenvalue weighted by atomic mass is 10.1. The van der Waals surface area contributed by atoms with E-state index in [1.54, 1.807) is 31.4 Å². The molecule has 2 aromatic heterocycles. The first kappa shape index (κ1) is 18.2. The molecule has 1 fully saturated rings. The normalized spacial score (nSPS) is 17.4. The Labute approximate surface area is 161 Å². The van der Waals surface area contributed by atoms with Crippen molar-refractivity contribution in [1.29, 1.82) is 0 Å². The fourth-order valence-corrected chi connectivity index (χ4v) is 3.27. The summed E-state index contributed by atoms with van der Waals surface area (Å²) < 4.78 is 20.8. The molecule has 7 nitrogen and oxygen atoms in total. The van der Waals surface area contributed by atoms with E-state index in [9.17, 15) is 9.18 Å². The molecule has 0 saturated carbocycles. The van der Waals surface area contributed by atoms with E-state index in [0.717, 1.165) is 12.0 Å². The number of halogens is 1. The second kappa shape index (κ2) is 7.85. The lowest BCUT2D eigenvalue weighted by molar-refractivity contribution is 0.0685. The maximum atomic E-state index is 13.3. The standard InChI is InChI=1S/C20H20FN5O2/c1-25-19(27)11-17(16-7-8-22-13-23-16)24-20(25)26-9-2-10-28-18(12-26)14-3-5-15(21)6-4-14/h3-8,11,13,18H,2,9-10,12H2,1H3/t18-/m1/s1. The number of hydrogen-bond acceptors (Lipinski definition) is 6. The van der Waals surface area contributed by atoms with E-state index >= 15 is 0 Å². The second-order valence-electron chi connectivity index (χ2n) is 6.64. The Bertz CT molecular complexity index is 1010. The van der Waals surface area contributed by atoms with Crippen LogP contribution in [0.4, 0.5) is 10.3 Å². The third-order valence-corrected chi connectivity index (χ3v) is 4.76. The maximum Gasteiger partial charge on any atom is 0.255 e.